The molecule has 2 aromatic rings. The quantitative estimate of drug-likeness (QED) is 0.664. The highest BCUT2D eigenvalue weighted by molar-refractivity contribution is 5.80. The molecule has 0 spiro atoms. The Morgan fingerprint density at radius 3 is 3.33 bits per heavy atom. The van der Waals surface area contributed by atoms with Gasteiger partial charge in [0.15, 0.2) is 0 Å². The molecule has 1 N–H and O–H groups in total. The van der Waals surface area contributed by atoms with Crippen LogP contribution in [-0.2, 0) is 6.42 Å². The molecule has 12 heavy (non-hydrogen) atoms. The molecule has 0 saturated heterocycles. The van der Waals surface area contributed by atoms with E-state index in [1.165, 1.54) is 5.56 Å². The van der Waals surface area contributed by atoms with Gasteiger partial charge >= 0.3 is 0 Å². The smallest absolute Gasteiger partial charge is 0.121 e. The molecule has 1 radical (unpaired) electrons. The minimum atomic E-state index is 0.868. The second-order valence-corrected chi connectivity index (χ2v) is 2.67. The molecule has 0 fully saturated rings. The topological polar surface area (TPSA) is 28.7 Å². The SMILES string of the molecule is C=CCc1cccc2[c]n[nH]c12. The molecule has 2 rings (SSSR count). The largest absolute Gasteiger partial charge is 0.277 e. The molecule has 59 valence electrons. The molecule has 1 aromatic heterocycles. The number of hydrogen-bond donors (Lipinski definition) is 1. The first kappa shape index (κ1) is 7.10. The van der Waals surface area contributed by atoms with Gasteiger partial charge in [-0.2, -0.15) is 5.10 Å². The molecule has 0 amide bonds. The van der Waals surface area contributed by atoms with Crippen molar-refractivity contribution in [3.05, 3.63) is 42.6 Å². The highest BCUT2D eigenvalue weighted by atomic mass is 15.1. The summed E-state index contributed by atoms with van der Waals surface area (Å²) >= 11 is 0. The van der Waals surface area contributed by atoms with E-state index in [-0.39, 0.29) is 0 Å². The molecule has 2 heteroatoms. The highest BCUT2D eigenvalue weighted by Crippen LogP contribution is 2.15. The van der Waals surface area contributed by atoms with E-state index in [0.29, 0.717) is 0 Å². The highest BCUT2D eigenvalue weighted by Gasteiger charge is 1.99. The van der Waals surface area contributed by atoms with Gasteiger partial charge in [0.05, 0.1) is 5.52 Å². The first-order valence-electron chi connectivity index (χ1n) is 3.86. The summed E-state index contributed by atoms with van der Waals surface area (Å²) in [7, 11) is 0. The molecular formula is C10H9N2. The van der Waals surface area contributed by atoms with Crippen molar-refractivity contribution in [2.24, 2.45) is 0 Å². The normalized spacial score (nSPS) is 10.3. The molecule has 0 aliphatic rings. The van der Waals surface area contributed by atoms with Gasteiger partial charge in [0, 0.05) is 5.39 Å². The zero-order valence-corrected chi connectivity index (χ0v) is 6.67. The summed E-state index contributed by atoms with van der Waals surface area (Å²) in [5.74, 6) is 0. The number of para-hydroxylation sites is 1. The lowest BCUT2D eigenvalue weighted by Gasteiger charge is -1.96. The Balaban J connectivity index is 2.65. The molecule has 1 aromatic carbocycles. The lowest BCUT2D eigenvalue weighted by atomic mass is 10.1. The minimum Gasteiger partial charge on any atom is -0.277 e. The molecule has 0 atom stereocenters. The minimum absolute atomic E-state index is 0.868. The molecule has 1 heterocycles. The van der Waals surface area contributed by atoms with Crippen molar-refractivity contribution in [3.63, 3.8) is 0 Å². The van der Waals surface area contributed by atoms with Gasteiger partial charge in [-0.25, -0.2) is 0 Å². The van der Waals surface area contributed by atoms with E-state index in [0.717, 1.165) is 17.3 Å². The van der Waals surface area contributed by atoms with Crippen LogP contribution in [0.5, 0.6) is 0 Å². The Morgan fingerprint density at radius 2 is 2.50 bits per heavy atom. The number of aromatic nitrogens is 2. The predicted molar refractivity (Wildman–Crippen MR) is 48.8 cm³/mol. The fourth-order valence-electron chi connectivity index (χ4n) is 1.30. The van der Waals surface area contributed by atoms with Crippen molar-refractivity contribution in [3.8, 4) is 0 Å². The molecule has 0 unspecified atom stereocenters. The van der Waals surface area contributed by atoms with E-state index < -0.39 is 0 Å². The molecule has 0 aliphatic carbocycles. The summed E-state index contributed by atoms with van der Waals surface area (Å²) < 4.78 is 0. The van der Waals surface area contributed by atoms with E-state index in [1.54, 1.807) is 0 Å². The maximum Gasteiger partial charge on any atom is 0.121 e. The van der Waals surface area contributed by atoms with Gasteiger partial charge in [-0.1, -0.05) is 24.3 Å². The fourth-order valence-corrected chi connectivity index (χ4v) is 1.30. The second kappa shape index (κ2) is 2.81. The number of benzene rings is 1. The van der Waals surface area contributed by atoms with E-state index in [4.69, 9.17) is 0 Å². The third-order valence-corrected chi connectivity index (χ3v) is 1.86. The van der Waals surface area contributed by atoms with Gasteiger partial charge in [0.25, 0.3) is 0 Å². The van der Waals surface area contributed by atoms with Crippen LogP contribution in [0.2, 0.25) is 0 Å². The maximum atomic E-state index is 3.86. The number of hydrogen-bond acceptors (Lipinski definition) is 1. The third kappa shape index (κ3) is 1.01. The van der Waals surface area contributed by atoms with Crippen LogP contribution in [0.25, 0.3) is 10.9 Å². The summed E-state index contributed by atoms with van der Waals surface area (Å²) in [5, 5.41) is 7.82. The standard InChI is InChI=1S/C10H9N2/c1-2-4-8-5-3-6-9-7-11-12-10(8)9/h2-3,5-6H,1,4H2,(H,11,12). The first-order valence-corrected chi connectivity index (χ1v) is 3.86. The molecular weight excluding hydrogens is 148 g/mol. The number of nitrogens with one attached hydrogen (secondary N) is 1. The lowest BCUT2D eigenvalue weighted by Crippen LogP contribution is -1.82. The first-order chi connectivity index (χ1) is 5.92. The average molecular weight is 157 g/mol. The Kier molecular flexibility index (Phi) is 1.67. The van der Waals surface area contributed by atoms with E-state index in [1.807, 2.05) is 18.2 Å². The summed E-state index contributed by atoms with van der Waals surface area (Å²) in [6, 6.07) is 6.06. The number of nitrogens with zero attached hydrogens (tertiary/aromatic N) is 1. The molecule has 2 nitrogen and oxygen atoms in total. The fraction of sp³-hybridized carbons (Fsp3) is 0.100. The van der Waals surface area contributed by atoms with Gasteiger partial charge in [0.1, 0.15) is 6.20 Å². The Morgan fingerprint density at radius 1 is 1.58 bits per heavy atom. The van der Waals surface area contributed by atoms with Crippen LogP contribution in [0.4, 0.5) is 0 Å². The van der Waals surface area contributed by atoms with Crippen LogP contribution in [0, 0.1) is 6.20 Å². The van der Waals surface area contributed by atoms with Crippen molar-refractivity contribution in [2.45, 2.75) is 6.42 Å². The maximum absolute atomic E-state index is 3.86. The van der Waals surface area contributed by atoms with E-state index in [2.05, 4.69) is 29.0 Å². The second-order valence-electron chi connectivity index (χ2n) is 2.67. The van der Waals surface area contributed by atoms with Crippen molar-refractivity contribution in [1.82, 2.24) is 10.2 Å². The number of rotatable bonds is 2. The van der Waals surface area contributed by atoms with Gasteiger partial charge in [-0.05, 0) is 12.0 Å². The van der Waals surface area contributed by atoms with Gasteiger partial charge in [-0.3, -0.25) is 5.10 Å². The molecule has 0 aliphatic heterocycles. The van der Waals surface area contributed by atoms with Crippen LogP contribution in [0.3, 0.4) is 0 Å². The van der Waals surface area contributed by atoms with Crippen molar-refractivity contribution in [2.75, 3.05) is 0 Å². The Hall–Kier alpha value is -1.57. The van der Waals surface area contributed by atoms with Crippen LogP contribution in [0.15, 0.2) is 30.9 Å². The molecule has 0 saturated carbocycles. The van der Waals surface area contributed by atoms with Crippen LogP contribution in [-0.4, -0.2) is 10.2 Å². The summed E-state index contributed by atoms with van der Waals surface area (Å²) in [6.45, 7) is 3.70. The predicted octanol–water partition coefficient (Wildman–Crippen LogP) is 2.09. The molecule has 0 bridgehead atoms. The van der Waals surface area contributed by atoms with Gasteiger partial charge in [-0.15, -0.1) is 6.58 Å². The number of H-pyrrole nitrogens is 1. The van der Waals surface area contributed by atoms with E-state index >= 15 is 0 Å². The number of allylic oxidation sites excluding steroid dienone is 1. The monoisotopic (exact) mass is 157 g/mol. The average Bonchev–Trinajstić information content (AvgIpc) is 2.53. The van der Waals surface area contributed by atoms with Crippen LogP contribution < -0.4 is 0 Å². The lowest BCUT2D eigenvalue weighted by molar-refractivity contribution is 1.10. The van der Waals surface area contributed by atoms with Crippen molar-refractivity contribution < 1.29 is 0 Å². The Labute approximate surface area is 70.9 Å². The van der Waals surface area contributed by atoms with Crippen molar-refractivity contribution in [1.29, 1.82) is 0 Å². The van der Waals surface area contributed by atoms with Crippen molar-refractivity contribution >= 4 is 10.9 Å². The summed E-state index contributed by atoms with van der Waals surface area (Å²) in [6.07, 6.45) is 5.63. The van der Waals surface area contributed by atoms with E-state index in [9.17, 15) is 0 Å². The van der Waals surface area contributed by atoms with Crippen LogP contribution in [0.1, 0.15) is 5.56 Å². The van der Waals surface area contributed by atoms with Gasteiger partial charge < -0.3 is 0 Å². The summed E-state index contributed by atoms with van der Waals surface area (Å²) in [4.78, 5) is 0. The summed E-state index contributed by atoms with van der Waals surface area (Å²) in [5.41, 5.74) is 2.29. The number of aromatic amines is 1. The van der Waals surface area contributed by atoms with Crippen LogP contribution >= 0.6 is 0 Å². The zero-order valence-electron chi connectivity index (χ0n) is 6.67. The third-order valence-electron chi connectivity index (χ3n) is 1.86. The van der Waals surface area contributed by atoms with Gasteiger partial charge in [0.2, 0.25) is 0 Å². The zero-order chi connectivity index (χ0) is 8.39. The number of fused-ring (bicyclic) bond motifs is 1. The Bertz CT molecular complexity index is 401.